The topological polar surface area (TPSA) is 55.4 Å². The van der Waals surface area contributed by atoms with E-state index in [4.69, 9.17) is 39.7 Å². The van der Waals surface area contributed by atoms with Gasteiger partial charge in [-0.2, -0.15) is 0 Å². The molecule has 166 valence electrons. The maximum absolute atomic E-state index is 6.41. The SMILES string of the molecule is COc1cc(OC(C)C2(C)OB(B3OC(C)(C)C(C)(C)O3)OC2(C)C)cc(Br)c1Cl. The van der Waals surface area contributed by atoms with Gasteiger partial charge in [0.15, 0.2) is 0 Å². The van der Waals surface area contributed by atoms with Crippen molar-refractivity contribution in [1.29, 1.82) is 0 Å². The molecule has 0 saturated carbocycles. The van der Waals surface area contributed by atoms with Crippen molar-refractivity contribution in [2.24, 2.45) is 0 Å². The number of hydrogen-bond donors (Lipinski definition) is 0. The third-order valence-electron chi connectivity index (χ3n) is 6.74. The summed E-state index contributed by atoms with van der Waals surface area (Å²) in [6, 6.07) is 3.56. The lowest BCUT2D eigenvalue weighted by Crippen LogP contribution is -2.55. The minimum Gasteiger partial charge on any atom is -0.495 e. The Hall–Kier alpha value is -0.440. The molecule has 10 heteroatoms. The Balaban J connectivity index is 1.81. The van der Waals surface area contributed by atoms with E-state index in [1.165, 1.54) is 0 Å². The second-order valence-electron chi connectivity index (χ2n) is 9.53. The van der Waals surface area contributed by atoms with E-state index in [0.717, 1.165) is 0 Å². The van der Waals surface area contributed by atoms with Gasteiger partial charge < -0.3 is 28.1 Å². The summed E-state index contributed by atoms with van der Waals surface area (Å²) in [5.74, 6) is 1.13. The van der Waals surface area contributed by atoms with E-state index < -0.39 is 36.4 Å². The van der Waals surface area contributed by atoms with Gasteiger partial charge in [0.2, 0.25) is 0 Å². The van der Waals surface area contributed by atoms with Crippen LogP contribution in [0.2, 0.25) is 5.02 Å². The van der Waals surface area contributed by atoms with Crippen LogP contribution in [0.1, 0.15) is 55.4 Å². The van der Waals surface area contributed by atoms with Crippen molar-refractivity contribution in [2.75, 3.05) is 7.11 Å². The fourth-order valence-electron chi connectivity index (χ4n) is 3.58. The van der Waals surface area contributed by atoms with E-state index in [-0.39, 0.29) is 6.10 Å². The van der Waals surface area contributed by atoms with E-state index in [0.29, 0.717) is 21.0 Å². The summed E-state index contributed by atoms with van der Waals surface area (Å²) in [7, 11) is 0.255. The van der Waals surface area contributed by atoms with E-state index in [1.54, 1.807) is 19.2 Å². The van der Waals surface area contributed by atoms with Crippen molar-refractivity contribution in [2.45, 2.75) is 83.9 Å². The summed E-state index contributed by atoms with van der Waals surface area (Å²) in [5.41, 5.74) is -2.38. The molecule has 0 aromatic heterocycles. The van der Waals surface area contributed by atoms with Crippen LogP contribution < -0.4 is 9.47 Å². The van der Waals surface area contributed by atoms with Gasteiger partial charge in [-0.15, -0.1) is 0 Å². The Labute approximate surface area is 193 Å². The molecule has 0 aliphatic carbocycles. The predicted molar refractivity (Wildman–Crippen MR) is 122 cm³/mol. The molecule has 0 bridgehead atoms. The molecule has 0 amide bonds. The van der Waals surface area contributed by atoms with Gasteiger partial charge in [-0.25, -0.2) is 0 Å². The number of ether oxygens (including phenoxy) is 2. The van der Waals surface area contributed by atoms with Crippen LogP contribution in [0.3, 0.4) is 0 Å². The van der Waals surface area contributed by atoms with E-state index >= 15 is 0 Å². The van der Waals surface area contributed by atoms with Gasteiger partial charge in [-0.05, 0) is 77.4 Å². The molecule has 2 fully saturated rings. The second kappa shape index (κ2) is 7.85. The molecule has 3 rings (SSSR count). The van der Waals surface area contributed by atoms with Crippen molar-refractivity contribution in [3.63, 3.8) is 0 Å². The average molecular weight is 503 g/mol. The van der Waals surface area contributed by atoms with Crippen molar-refractivity contribution < 1.29 is 28.1 Å². The molecule has 1 aromatic rings. The normalized spacial score (nSPS) is 28.0. The highest BCUT2D eigenvalue weighted by molar-refractivity contribution is 9.10. The fraction of sp³-hybridized carbons (Fsp3) is 0.700. The lowest BCUT2D eigenvalue weighted by atomic mass is 9.49. The van der Waals surface area contributed by atoms with Crippen LogP contribution >= 0.6 is 27.5 Å². The first-order valence-corrected chi connectivity index (χ1v) is 11.2. The first-order valence-electron chi connectivity index (χ1n) is 10.0. The van der Waals surface area contributed by atoms with Crippen LogP contribution in [0.15, 0.2) is 16.6 Å². The van der Waals surface area contributed by atoms with Crippen LogP contribution in [-0.2, 0) is 18.6 Å². The molecule has 2 aliphatic heterocycles. The molecule has 2 saturated heterocycles. The molecule has 30 heavy (non-hydrogen) atoms. The molecular weight excluding hydrogens is 473 g/mol. The zero-order valence-electron chi connectivity index (χ0n) is 19.1. The Kier molecular flexibility index (Phi) is 6.34. The number of rotatable bonds is 5. The molecule has 1 aromatic carbocycles. The summed E-state index contributed by atoms with van der Waals surface area (Å²) >= 11 is 9.68. The molecule has 0 spiro atoms. The molecular formula is C20H30B2BrClO6. The van der Waals surface area contributed by atoms with Crippen molar-refractivity contribution in [3.05, 3.63) is 21.6 Å². The fourth-order valence-corrected chi connectivity index (χ4v) is 4.19. The number of benzene rings is 1. The predicted octanol–water partition coefficient (Wildman–Crippen LogP) is 5.12. The summed E-state index contributed by atoms with van der Waals surface area (Å²) in [4.78, 5) is 0. The van der Waals surface area contributed by atoms with Crippen LogP contribution in [0.25, 0.3) is 0 Å². The maximum atomic E-state index is 6.41. The minimum atomic E-state index is -0.777. The molecule has 0 N–H and O–H groups in total. The van der Waals surface area contributed by atoms with Gasteiger partial charge in [-0.1, -0.05) is 11.6 Å². The van der Waals surface area contributed by atoms with Crippen LogP contribution in [0.4, 0.5) is 0 Å². The van der Waals surface area contributed by atoms with E-state index in [2.05, 4.69) is 15.9 Å². The van der Waals surface area contributed by atoms with Crippen molar-refractivity contribution in [1.82, 2.24) is 0 Å². The summed E-state index contributed by atoms with van der Waals surface area (Å²) in [5, 5.41) is 0.491. The van der Waals surface area contributed by atoms with Gasteiger partial charge in [0.25, 0.3) is 0 Å². The lowest BCUT2D eigenvalue weighted by Gasteiger charge is -2.41. The number of methoxy groups -OCH3 is 1. The zero-order valence-corrected chi connectivity index (χ0v) is 21.4. The standard InChI is InChI=1S/C20H30B2BrClO6/c1-12(26-13-10-14(23)16(24)15(11-13)25-9)20(8)19(6,7)29-22(30-20)21-27-17(2,3)18(4,5)28-21/h10-12H,1-9H3. The first-order chi connectivity index (χ1) is 13.6. The summed E-state index contributed by atoms with van der Waals surface area (Å²) in [6.07, 6.45) is -0.363. The Morgan fingerprint density at radius 3 is 1.93 bits per heavy atom. The van der Waals surface area contributed by atoms with Crippen LogP contribution in [-0.4, -0.2) is 49.6 Å². The summed E-state index contributed by atoms with van der Waals surface area (Å²) < 4.78 is 37.2. The highest BCUT2D eigenvalue weighted by atomic mass is 79.9. The molecule has 6 nitrogen and oxygen atoms in total. The zero-order chi connectivity index (χ0) is 22.7. The Bertz CT molecular complexity index is 805. The van der Waals surface area contributed by atoms with Crippen LogP contribution in [0.5, 0.6) is 11.5 Å². The molecule has 2 atom stereocenters. The monoisotopic (exact) mass is 502 g/mol. The first kappa shape index (κ1) is 24.2. The highest BCUT2D eigenvalue weighted by Crippen LogP contribution is 2.46. The lowest BCUT2D eigenvalue weighted by molar-refractivity contribution is -0.0793. The third kappa shape index (κ3) is 4.02. The van der Waals surface area contributed by atoms with Gasteiger partial charge in [-0.3, -0.25) is 0 Å². The van der Waals surface area contributed by atoms with E-state index in [9.17, 15) is 0 Å². The Morgan fingerprint density at radius 1 is 0.900 bits per heavy atom. The molecule has 2 heterocycles. The molecule has 2 unspecified atom stereocenters. The third-order valence-corrected chi connectivity index (χ3v) is 7.98. The van der Waals surface area contributed by atoms with Gasteiger partial charge in [0, 0.05) is 10.5 Å². The summed E-state index contributed by atoms with van der Waals surface area (Å²) in [6.45, 7) is 15.9. The largest absolute Gasteiger partial charge is 0.495 e. The molecule has 0 radical (unpaired) electrons. The average Bonchev–Trinajstić information content (AvgIpc) is 2.99. The smallest absolute Gasteiger partial charge is 0.489 e. The number of hydrogen-bond acceptors (Lipinski definition) is 6. The van der Waals surface area contributed by atoms with Gasteiger partial charge in [0.05, 0.1) is 28.9 Å². The van der Waals surface area contributed by atoms with Gasteiger partial charge in [0.1, 0.15) is 23.2 Å². The second-order valence-corrected chi connectivity index (χ2v) is 10.8. The number of halogens is 2. The minimum absolute atomic E-state index is 0.363. The van der Waals surface area contributed by atoms with E-state index in [1.807, 2.05) is 55.4 Å². The molecule has 2 aliphatic rings. The quantitative estimate of drug-likeness (QED) is 0.520. The highest BCUT2D eigenvalue weighted by Gasteiger charge is 2.66. The van der Waals surface area contributed by atoms with Crippen LogP contribution in [0, 0.1) is 0 Å². The Morgan fingerprint density at radius 2 is 1.40 bits per heavy atom. The van der Waals surface area contributed by atoms with Crippen molar-refractivity contribution in [3.8, 4) is 11.5 Å². The maximum Gasteiger partial charge on any atom is 0.489 e. The van der Waals surface area contributed by atoms with Gasteiger partial charge >= 0.3 is 14.0 Å². The van der Waals surface area contributed by atoms with Crippen molar-refractivity contribution >= 4 is 41.5 Å².